The first kappa shape index (κ1) is 23.0. The normalized spacial score (nSPS) is 12.6. The Morgan fingerprint density at radius 1 is 1.06 bits per heavy atom. The number of hydrogen-bond acceptors (Lipinski definition) is 5. The summed E-state index contributed by atoms with van der Waals surface area (Å²) in [6.45, 7) is 3.06. The number of fused-ring (bicyclic) bond motifs is 3. The monoisotopic (exact) mass is 462 g/mol. The maximum absolute atomic E-state index is 12.6. The number of benzene rings is 2. The molecule has 2 amide bonds. The average Bonchev–Trinajstić information content (AvgIpc) is 3.33. The van der Waals surface area contributed by atoms with Crippen LogP contribution in [0.3, 0.4) is 0 Å². The van der Waals surface area contributed by atoms with Gasteiger partial charge in [-0.25, -0.2) is 4.79 Å². The predicted molar refractivity (Wildman–Crippen MR) is 126 cm³/mol. The number of anilines is 1. The zero-order chi connectivity index (χ0) is 24.5. The molecule has 1 heterocycles. The molecule has 0 aliphatic heterocycles. The molecular weight excluding hydrogens is 436 g/mol. The van der Waals surface area contributed by atoms with Gasteiger partial charge in [-0.3, -0.25) is 19.6 Å². The van der Waals surface area contributed by atoms with E-state index in [0.717, 1.165) is 22.3 Å². The van der Waals surface area contributed by atoms with Crippen LogP contribution in [0.5, 0.6) is 0 Å². The van der Waals surface area contributed by atoms with Crippen molar-refractivity contribution >= 4 is 23.8 Å². The van der Waals surface area contributed by atoms with Crippen LogP contribution < -0.4 is 10.6 Å². The minimum atomic E-state index is -1.14. The first-order valence-electron chi connectivity index (χ1n) is 10.8. The Labute approximate surface area is 196 Å². The van der Waals surface area contributed by atoms with Gasteiger partial charge in [0.25, 0.3) is 5.91 Å². The molecule has 0 saturated heterocycles. The smallest absolute Gasteiger partial charge is 0.412 e. The van der Waals surface area contributed by atoms with Crippen molar-refractivity contribution in [1.82, 2.24) is 15.1 Å². The van der Waals surface area contributed by atoms with Crippen molar-refractivity contribution in [2.24, 2.45) is 12.5 Å². The molecule has 0 bridgehead atoms. The lowest BCUT2D eigenvalue weighted by atomic mass is 9.94. The number of ether oxygens (including phenoxy) is 1. The molecule has 3 aromatic rings. The minimum Gasteiger partial charge on any atom is -0.481 e. The van der Waals surface area contributed by atoms with Crippen LogP contribution in [0.2, 0.25) is 0 Å². The fraction of sp³-hybridized carbons (Fsp3) is 0.280. The fourth-order valence-electron chi connectivity index (χ4n) is 3.95. The van der Waals surface area contributed by atoms with Gasteiger partial charge in [0.1, 0.15) is 12.2 Å². The summed E-state index contributed by atoms with van der Waals surface area (Å²) in [5.41, 5.74) is 3.40. The molecule has 1 aliphatic rings. The Balaban J connectivity index is 1.43. The quantitative estimate of drug-likeness (QED) is 0.493. The van der Waals surface area contributed by atoms with Crippen molar-refractivity contribution in [1.29, 1.82) is 0 Å². The summed E-state index contributed by atoms with van der Waals surface area (Å²) in [7, 11) is 1.61. The standard InChI is InChI=1S/C25H26N4O5/c1-25(2,23(31)32)14-26-22(30)19-12-29(3)28-21(19)27-24(33)34-13-20-17-10-6-4-8-15(17)16-9-5-7-11-18(16)20/h4-12,20H,13-14H2,1-3H3,(H,26,30)(H,31,32)(H,27,28,33). The fourth-order valence-corrected chi connectivity index (χ4v) is 3.95. The molecule has 2 aromatic carbocycles. The van der Waals surface area contributed by atoms with E-state index in [-0.39, 0.29) is 30.5 Å². The second kappa shape index (κ2) is 9.01. The van der Waals surface area contributed by atoms with E-state index in [1.165, 1.54) is 24.7 Å². The van der Waals surface area contributed by atoms with Gasteiger partial charge in [0.05, 0.1) is 5.41 Å². The summed E-state index contributed by atoms with van der Waals surface area (Å²) in [6, 6.07) is 16.1. The summed E-state index contributed by atoms with van der Waals surface area (Å²) in [4.78, 5) is 36.5. The number of hydrogen-bond donors (Lipinski definition) is 3. The number of rotatable bonds is 7. The Bertz CT molecular complexity index is 1220. The Hall–Kier alpha value is -4.14. The van der Waals surface area contributed by atoms with E-state index in [1.807, 2.05) is 36.4 Å². The lowest BCUT2D eigenvalue weighted by Crippen LogP contribution is -2.39. The summed E-state index contributed by atoms with van der Waals surface area (Å²) >= 11 is 0. The molecule has 9 nitrogen and oxygen atoms in total. The molecule has 1 aromatic heterocycles. The van der Waals surface area contributed by atoms with Gasteiger partial charge < -0.3 is 15.2 Å². The molecule has 0 unspecified atom stereocenters. The largest absolute Gasteiger partial charge is 0.481 e. The lowest BCUT2D eigenvalue weighted by molar-refractivity contribution is -0.146. The van der Waals surface area contributed by atoms with Gasteiger partial charge in [-0.05, 0) is 36.1 Å². The van der Waals surface area contributed by atoms with E-state index in [9.17, 15) is 19.5 Å². The summed E-state index contributed by atoms with van der Waals surface area (Å²) in [5, 5.41) is 18.5. The maximum Gasteiger partial charge on any atom is 0.412 e. The van der Waals surface area contributed by atoms with Crippen LogP contribution in [-0.4, -0.2) is 46.0 Å². The van der Waals surface area contributed by atoms with Gasteiger partial charge in [-0.2, -0.15) is 5.10 Å². The van der Waals surface area contributed by atoms with Gasteiger partial charge in [0, 0.05) is 25.7 Å². The predicted octanol–water partition coefficient (Wildman–Crippen LogP) is 3.62. The highest BCUT2D eigenvalue weighted by Crippen LogP contribution is 2.44. The zero-order valence-corrected chi connectivity index (χ0v) is 19.2. The highest BCUT2D eigenvalue weighted by molar-refractivity contribution is 6.01. The number of amides is 2. The van der Waals surface area contributed by atoms with Crippen molar-refractivity contribution in [2.45, 2.75) is 19.8 Å². The van der Waals surface area contributed by atoms with E-state index in [1.54, 1.807) is 7.05 Å². The lowest BCUT2D eigenvalue weighted by Gasteiger charge is -2.19. The average molecular weight is 463 g/mol. The summed E-state index contributed by atoms with van der Waals surface area (Å²) in [6.07, 6.45) is 0.711. The third kappa shape index (κ3) is 4.50. The van der Waals surface area contributed by atoms with E-state index >= 15 is 0 Å². The van der Waals surface area contributed by atoms with Crippen LogP contribution in [0.25, 0.3) is 11.1 Å². The number of aliphatic carboxylic acids is 1. The first-order valence-corrected chi connectivity index (χ1v) is 10.8. The number of carbonyl (C=O) groups excluding carboxylic acids is 2. The second-order valence-corrected chi connectivity index (χ2v) is 8.89. The molecule has 0 fully saturated rings. The molecule has 0 spiro atoms. The van der Waals surface area contributed by atoms with Gasteiger partial charge in [-0.15, -0.1) is 0 Å². The number of aromatic nitrogens is 2. The SMILES string of the molecule is Cn1cc(C(=O)NCC(C)(C)C(=O)O)c(NC(=O)OCC2c3ccccc3-c3ccccc32)n1. The van der Waals surface area contributed by atoms with Crippen molar-refractivity contribution in [2.75, 3.05) is 18.5 Å². The highest BCUT2D eigenvalue weighted by Gasteiger charge is 2.30. The third-order valence-electron chi connectivity index (χ3n) is 5.91. The van der Waals surface area contributed by atoms with Crippen LogP contribution in [0.15, 0.2) is 54.7 Å². The molecule has 34 heavy (non-hydrogen) atoms. The third-order valence-corrected chi connectivity index (χ3v) is 5.91. The van der Waals surface area contributed by atoms with Gasteiger partial charge in [0.2, 0.25) is 0 Å². The van der Waals surface area contributed by atoms with Crippen LogP contribution in [-0.2, 0) is 16.6 Å². The van der Waals surface area contributed by atoms with E-state index < -0.39 is 23.4 Å². The van der Waals surface area contributed by atoms with Crippen LogP contribution in [0.4, 0.5) is 10.6 Å². The van der Waals surface area contributed by atoms with Crippen molar-refractivity contribution in [3.63, 3.8) is 0 Å². The second-order valence-electron chi connectivity index (χ2n) is 8.89. The Kier molecular flexibility index (Phi) is 6.10. The van der Waals surface area contributed by atoms with E-state index in [4.69, 9.17) is 4.74 Å². The molecule has 176 valence electrons. The Morgan fingerprint density at radius 2 is 1.65 bits per heavy atom. The van der Waals surface area contributed by atoms with Crippen molar-refractivity contribution < 1.29 is 24.2 Å². The number of carbonyl (C=O) groups is 3. The van der Waals surface area contributed by atoms with Crippen LogP contribution in [0, 0.1) is 5.41 Å². The molecule has 0 saturated carbocycles. The van der Waals surface area contributed by atoms with Crippen molar-refractivity contribution in [3.8, 4) is 11.1 Å². The van der Waals surface area contributed by atoms with Gasteiger partial charge in [0.15, 0.2) is 5.82 Å². The van der Waals surface area contributed by atoms with E-state index in [2.05, 4.69) is 27.9 Å². The molecule has 1 aliphatic carbocycles. The highest BCUT2D eigenvalue weighted by atomic mass is 16.5. The molecule has 0 atom stereocenters. The maximum atomic E-state index is 12.6. The molecule has 4 rings (SSSR count). The molecule has 0 radical (unpaired) electrons. The van der Waals surface area contributed by atoms with Gasteiger partial charge >= 0.3 is 12.1 Å². The first-order chi connectivity index (χ1) is 16.2. The van der Waals surface area contributed by atoms with Gasteiger partial charge in [-0.1, -0.05) is 48.5 Å². The number of nitrogens with zero attached hydrogens (tertiary/aromatic N) is 2. The number of carboxylic acid groups (broad SMARTS) is 1. The number of nitrogens with one attached hydrogen (secondary N) is 2. The zero-order valence-electron chi connectivity index (χ0n) is 19.2. The summed E-state index contributed by atoms with van der Waals surface area (Å²) < 4.78 is 6.91. The Morgan fingerprint density at radius 3 is 2.24 bits per heavy atom. The number of carboxylic acids is 1. The van der Waals surface area contributed by atoms with Crippen LogP contribution in [0.1, 0.15) is 41.3 Å². The number of aryl methyl sites for hydroxylation is 1. The van der Waals surface area contributed by atoms with E-state index in [0.29, 0.717) is 0 Å². The minimum absolute atomic E-state index is 0.0327. The molecule has 3 N–H and O–H groups in total. The van der Waals surface area contributed by atoms with Crippen molar-refractivity contribution in [3.05, 3.63) is 71.4 Å². The summed E-state index contributed by atoms with van der Waals surface area (Å²) in [5.74, 6) is -1.64. The topological polar surface area (TPSA) is 123 Å². The van der Waals surface area contributed by atoms with Crippen LogP contribution >= 0.6 is 0 Å². The molecule has 9 heteroatoms. The molecular formula is C25H26N4O5.